The largest absolute Gasteiger partial charge is 0.389 e. The number of hydrogen-bond acceptors (Lipinski definition) is 1. The summed E-state index contributed by atoms with van der Waals surface area (Å²) in [7, 11) is 0. The molecule has 0 saturated carbocycles. The lowest BCUT2D eigenvalue weighted by Crippen LogP contribution is -1.97. The molecule has 1 rings (SSSR count). The van der Waals surface area contributed by atoms with Gasteiger partial charge in [-0.2, -0.15) is 0 Å². The summed E-state index contributed by atoms with van der Waals surface area (Å²) < 4.78 is 25.7. The topological polar surface area (TPSA) is 20.2 Å². The molecule has 4 heteroatoms. The molecule has 1 aromatic rings. The van der Waals surface area contributed by atoms with Gasteiger partial charge in [-0.1, -0.05) is 0 Å². The van der Waals surface area contributed by atoms with Gasteiger partial charge in [0.2, 0.25) is 0 Å². The third-order valence-electron chi connectivity index (χ3n) is 1.49. The molecule has 1 N–H and O–H groups in total. The molecule has 1 nitrogen and oxygen atoms in total. The minimum atomic E-state index is -0.929. The average Bonchev–Trinajstić information content (AvgIpc) is 1.96. The van der Waals surface area contributed by atoms with Crippen LogP contribution in [0.15, 0.2) is 16.6 Å². The van der Waals surface area contributed by atoms with Crippen LogP contribution in [0.3, 0.4) is 0 Å². The minimum Gasteiger partial charge on any atom is -0.389 e. The zero-order valence-corrected chi connectivity index (χ0v) is 7.90. The first kappa shape index (κ1) is 9.61. The highest BCUT2D eigenvalue weighted by Crippen LogP contribution is 2.23. The van der Waals surface area contributed by atoms with Crippen molar-refractivity contribution >= 4 is 15.9 Å². The first-order valence-electron chi connectivity index (χ1n) is 3.35. The Labute approximate surface area is 77.2 Å². The van der Waals surface area contributed by atoms with E-state index in [1.165, 1.54) is 13.0 Å². The molecule has 1 atom stereocenters. The molecule has 0 amide bonds. The Kier molecular flexibility index (Phi) is 2.80. The van der Waals surface area contributed by atoms with Crippen LogP contribution in [0.5, 0.6) is 0 Å². The van der Waals surface area contributed by atoms with Gasteiger partial charge in [0.05, 0.1) is 10.6 Å². The molecule has 0 heterocycles. The zero-order chi connectivity index (χ0) is 9.30. The van der Waals surface area contributed by atoms with E-state index in [4.69, 9.17) is 5.11 Å². The van der Waals surface area contributed by atoms with Crippen LogP contribution in [-0.4, -0.2) is 5.11 Å². The number of aliphatic hydroxyl groups excluding tert-OH is 1. The molecule has 0 aliphatic rings. The van der Waals surface area contributed by atoms with Crippen LogP contribution < -0.4 is 0 Å². The molecule has 0 bridgehead atoms. The molecule has 1 unspecified atom stereocenters. The van der Waals surface area contributed by atoms with Crippen molar-refractivity contribution in [2.45, 2.75) is 13.0 Å². The molecule has 0 aromatic heterocycles. The highest BCUT2D eigenvalue weighted by molar-refractivity contribution is 9.10. The van der Waals surface area contributed by atoms with E-state index >= 15 is 0 Å². The molecular formula is C8H7BrF2O. The van der Waals surface area contributed by atoms with Gasteiger partial charge in [0.1, 0.15) is 11.6 Å². The van der Waals surface area contributed by atoms with Crippen LogP contribution in [0.25, 0.3) is 0 Å². The molecule has 1 aromatic carbocycles. The standard InChI is InChI=1S/C8H7BrF2O/c1-4(12)5-2-6(9)8(11)3-7(5)10/h2-4,12H,1H3. The van der Waals surface area contributed by atoms with Gasteiger partial charge < -0.3 is 5.11 Å². The van der Waals surface area contributed by atoms with Gasteiger partial charge in [-0.15, -0.1) is 0 Å². The minimum absolute atomic E-state index is 0.0864. The summed E-state index contributed by atoms with van der Waals surface area (Å²) in [5.74, 6) is -1.40. The summed E-state index contributed by atoms with van der Waals surface area (Å²) in [5.41, 5.74) is 0.0864. The third-order valence-corrected chi connectivity index (χ3v) is 2.10. The van der Waals surface area contributed by atoms with Crippen LogP contribution in [0.4, 0.5) is 8.78 Å². The fourth-order valence-electron chi connectivity index (χ4n) is 0.858. The predicted molar refractivity (Wildman–Crippen MR) is 44.7 cm³/mol. The highest BCUT2D eigenvalue weighted by atomic mass is 79.9. The molecule has 66 valence electrons. The van der Waals surface area contributed by atoms with Crippen molar-refractivity contribution in [3.63, 3.8) is 0 Å². The first-order chi connectivity index (χ1) is 5.52. The van der Waals surface area contributed by atoms with Gasteiger partial charge in [0, 0.05) is 11.6 Å². The number of benzene rings is 1. The van der Waals surface area contributed by atoms with E-state index < -0.39 is 17.7 Å². The van der Waals surface area contributed by atoms with Crippen LogP contribution in [-0.2, 0) is 0 Å². The van der Waals surface area contributed by atoms with E-state index in [-0.39, 0.29) is 10.0 Å². The van der Waals surface area contributed by atoms with E-state index in [2.05, 4.69) is 15.9 Å². The molecule has 0 fully saturated rings. The lowest BCUT2D eigenvalue weighted by molar-refractivity contribution is 0.194. The highest BCUT2D eigenvalue weighted by Gasteiger charge is 2.11. The van der Waals surface area contributed by atoms with Crippen molar-refractivity contribution in [3.05, 3.63) is 33.8 Å². The Morgan fingerprint density at radius 1 is 1.33 bits per heavy atom. The van der Waals surface area contributed by atoms with E-state index in [1.54, 1.807) is 0 Å². The Hall–Kier alpha value is -0.480. The van der Waals surface area contributed by atoms with Crippen molar-refractivity contribution in [2.24, 2.45) is 0 Å². The summed E-state index contributed by atoms with van der Waals surface area (Å²) in [6, 6.07) is 1.97. The van der Waals surface area contributed by atoms with Gasteiger partial charge in [0.15, 0.2) is 0 Å². The Morgan fingerprint density at radius 2 is 1.92 bits per heavy atom. The summed E-state index contributed by atoms with van der Waals surface area (Å²) in [4.78, 5) is 0. The van der Waals surface area contributed by atoms with Gasteiger partial charge in [-0.3, -0.25) is 0 Å². The second kappa shape index (κ2) is 3.49. The second-order valence-electron chi connectivity index (χ2n) is 2.46. The average molecular weight is 237 g/mol. The lowest BCUT2D eigenvalue weighted by Gasteiger charge is -2.06. The predicted octanol–water partition coefficient (Wildman–Crippen LogP) is 2.78. The Balaban J connectivity index is 3.23. The number of hydrogen-bond donors (Lipinski definition) is 1. The summed E-state index contributed by atoms with van der Waals surface area (Å²) >= 11 is 2.90. The molecule has 0 aliphatic carbocycles. The van der Waals surface area contributed by atoms with Crippen molar-refractivity contribution in [1.29, 1.82) is 0 Å². The second-order valence-corrected chi connectivity index (χ2v) is 3.32. The fourth-order valence-corrected chi connectivity index (χ4v) is 1.22. The lowest BCUT2D eigenvalue weighted by atomic mass is 10.1. The Bertz CT molecular complexity index is 299. The molecular weight excluding hydrogens is 230 g/mol. The van der Waals surface area contributed by atoms with Crippen LogP contribution in [0.2, 0.25) is 0 Å². The quantitative estimate of drug-likeness (QED) is 0.744. The van der Waals surface area contributed by atoms with Crippen molar-refractivity contribution in [2.75, 3.05) is 0 Å². The number of halogens is 3. The normalized spacial score (nSPS) is 13.1. The van der Waals surface area contributed by atoms with Crippen molar-refractivity contribution < 1.29 is 13.9 Å². The first-order valence-corrected chi connectivity index (χ1v) is 4.14. The van der Waals surface area contributed by atoms with Gasteiger partial charge >= 0.3 is 0 Å². The maximum Gasteiger partial charge on any atom is 0.140 e. The Morgan fingerprint density at radius 3 is 2.42 bits per heavy atom. The number of aliphatic hydroxyl groups is 1. The molecule has 0 saturated heterocycles. The van der Waals surface area contributed by atoms with Crippen molar-refractivity contribution in [1.82, 2.24) is 0 Å². The third kappa shape index (κ3) is 1.81. The van der Waals surface area contributed by atoms with E-state index in [9.17, 15) is 8.78 Å². The smallest absolute Gasteiger partial charge is 0.140 e. The zero-order valence-electron chi connectivity index (χ0n) is 6.31. The van der Waals surface area contributed by atoms with E-state index in [0.29, 0.717) is 0 Å². The van der Waals surface area contributed by atoms with Gasteiger partial charge in [-0.25, -0.2) is 8.78 Å². The van der Waals surface area contributed by atoms with Crippen LogP contribution >= 0.6 is 15.9 Å². The monoisotopic (exact) mass is 236 g/mol. The van der Waals surface area contributed by atoms with E-state index in [1.807, 2.05) is 0 Å². The maximum atomic E-state index is 12.9. The van der Waals surface area contributed by atoms with Gasteiger partial charge in [0.25, 0.3) is 0 Å². The SMILES string of the molecule is CC(O)c1cc(Br)c(F)cc1F. The molecule has 12 heavy (non-hydrogen) atoms. The summed E-state index contributed by atoms with van der Waals surface area (Å²) in [6.07, 6.45) is -0.929. The van der Waals surface area contributed by atoms with Crippen molar-refractivity contribution in [3.8, 4) is 0 Å². The maximum absolute atomic E-state index is 12.9. The summed E-state index contributed by atoms with van der Waals surface area (Å²) in [5, 5.41) is 9.04. The summed E-state index contributed by atoms with van der Waals surface area (Å²) in [6.45, 7) is 1.42. The van der Waals surface area contributed by atoms with Crippen LogP contribution in [0.1, 0.15) is 18.6 Å². The van der Waals surface area contributed by atoms with Gasteiger partial charge in [-0.05, 0) is 28.9 Å². The molecule has 0 radical (unpaired) electrons. The molecule has 0 aliphatic heterocycles. The van der Waals surface area contributed by atoms with E-state index in [0.717, 1.165) is 6.07 Å². The number of rotatable bonds is 1. The van der Waals surface area contributed by atoms with Crippen LogP contribution in [0, 0.1) is 11.6 Å². The fraction of sp³-hybridized carbons (Fsp3) is 0.250. The molecule has 0 spiro atoms.